The lowest BCUT2D eigenvalue weighted by Gasteiger charge is -2.16. The van der Waals surface area contributed by atoms with Crippen LogP contribution in [-0.4, -0.2) is 14.2 Å². The first-order valence-corrected chi connectivity index (χ1v) is 8.64. The summed E-state index contributed by atoms with van der Waals surface area (Å²) >= 11 is 0. The van der Waals surface area contributed by atoms with Gasteiger partial charge < -0.3 is 5.73 Å². The van der Waals surface area contributed by atoms with E-state index in [4.69, 9.17) is 5.73 Å². The molecule has 0 aliphatic rings. The van der Waals surface area contributed by atoms with Crippen molar-refractivity contribution in [3.05, 3.63) is 23.8 Å². The highest BCUT2D eigenvalue weighted by Gasteiger charge is 2.22. The minimum Gasteiger partial charge on any atom is -0.398 e. The fourth-order valence-electron chi connectivity index (χ4n) is 2.21. The molecule has 0 radical (unpaired) electrons. The van der Waals surface area contributed by atoms with Gasteiger partial charge in [-0.15, -0.1) is 0 Å². The first-order valence-electron chi connectivity index (χ1n) is 6.99. The largest absolute Gasteiger partial charge is 0.398 e. The number of hydrogen-bond donors (Lipinski definition) is 1. The van der Waals surface area contributed by atoms with Crippen molar-refractivity contribution in [1.82, 2.24) is 0 Å². The van der Waals surface area contributed by atoms with Crippen molar-refractivity contribution in [2.45, 2.75) is 51.3 Å². The fourth-order valence-corrected chi connectivity index (χ4v) is 4.20. The van der Waals surface area contributed by atoms with Gasteiger partial charge in [-0.25, -0.2) is 8.42 Å². The molecule has 0 aromatic heterocycles. The third-order valence-electron chi connectivity index (χ3n) is 3.50. The quantitative estimate of drug-likeness (QED) is 0.778. The summed E-state index contributed by atoms with van der Waals surface area (Å²) in [4.78, 5) is 0.294. The van der Waals surface area contributed by atoms with Gasteiger partial charge in [0.15, 0.2) is 9.84 Å². The summed E-state index contributed by atoms with van der Waals surface area (Å²) in [6.07, 6.45) is 4.04. The van der Waals surface area contributed by atoms with Crippen LogP contribution in [0.15, 0.2) is 23.1 Å². The zero-order valence-corrected chi connectivity index (χ0v) is 13.0. The van der Waals surface area contributed by atoms with E-state index in [1.807, 2.05) is 13.0 Å². The van der Waals surface area contributed by atoms with Gasteiger partial charge in [-0.2, -0.15) is 0 Å². The maximum atomic E-state index is 12.5. The Morgan fingerprint density at radius 1 is 1.26 bits per heavy atom. The van der Waals surface area contributed by atoms with Gasteiger partial charge in [-0.3, -0.25) is 0 Å². The van der Waals surface area contributed by atoms with Crippen molar-refractivity contribution in [3.8, 4) is 0 Å². The van der Waals surface area contributed by atoms with Crippen molar-refractivity contribution in [2.75, 3.05) is 11.5 Å². The molecule has 108 valence electrons. The average Bonchev–Trinajstić information content (AvgIpc) is 2.37. The molecule has 2 N–H and O–H groups in total. The second-order valence-electron chi connectivity index (χ2n) is 5.24. The van der Waals surface area contributed by atoms with E-state index in [9.17, 15) is 8.42 Å². The Balaban J connectivity index is 2.93. The van der Waals surface area contributed by atoms with Gasteiger partial charge in [0.05, 0.1) is 16.3 Å². The van der Waals surface area contributed by atoms with Gasteiger partial charge >= 0.3 is 0 Å². The summed E-state index contributed by atoms with van der Waals surface area (Å²) in [6.45, 7) is 6.06. The van der Waals surface area contributed by atoms with Crippen LogP contribution < -0.4 is 5.73 Å². The van der Waals surface area contributed by atoms with Crippen LogP contribution in [0.2, 0.25) is 0 Å². The lowest BCUT2D eigenvalue weighted by molar-refractivity contribution is 0.483. The molecular formula is C15H25NO2S. The first kappa shape index (κ1) is 16.0. The first-order chi connectivity index (χ1) is 8.90. The van der Waals surface area contributed by atoms with E-state index in [0.717, 1.165) is 31.2 Å². The number of rotatable bonds is 7. The highest BCUT2D eigenvalue weighted by molar-refractivity contribution is 7.91. The lowest BCUT2D eigenvalue weighted by Crippen LogP contribution is -2.17. The Labute approximate surface area is 117 Å². The van der Waals surface area contributed by atoms with Gasteiger partial charge in [-0.05, 0) is 37.0 Å². The highest BCUT2D eigenvalue weighted by Crippen LogP contribution is 2.25. The third kappa shape index (κ3) is 4.53. The molecule has 1 rings (SSSR count). The van der Waals surface area contributed by atoms with Crippen LogP contribution in [0.4, 0.5) is 5.69 Å². The molecule has 0 saturated carbocycles. The molecule has 1 unspecified atom stereocenters. The van der Waals surface area contributed by atoms with Crippen LogP contribution in [0.5, 0.6) is 0 Å². The van der Waals surface area contributed by atoms with Crippen LogP contribution in [0, 0.1) is 12.8 Å². The second-order valence-corrected chi connectivity index (χ2v) is 7.24. The molecule has 0 fully saturated rings. The molecule has 4 heteroatoms. The molecule has 0 bridgehead atoms. The van der Waals surface area contributed by atoms with Crippen molar-refractivity contribution >= 4 is 15.5 Å². The Kier molecular flexibility index (Phi) is 5.85. The van der Waals surface area contributed by atoms with Gasteiger partial charge in [0, 0.05) is 0 Å². The van der Waals surface area contributed by atoms with E-state index in [1.165, 1.54) is 0 Å². The maximum Gasteiger partial charge on any atom is 0.180 e. The van der Waals surface area contributed by atoms with E-state index in [-0.39, 0.29) is 11.7 Å². The minimum atomic E-state index is -3.28. The van der Waals surface area contributed by atoms with Gasteiger partial charge in [0.25, 0.3) is 0 Å². The zero-order valence-electron chi connectivity index (χ0n) is 12.1. The Morgan fingerprint density at radius 2 is 1.95 bits per heavy atom. The number of hydrogen-bond acceptors (Lipinski definition) is 3. The van der Waals surface area contributed by atoms with Crippen LogP contribution in [-0.2, 0) is 9.84 Å². The standard InChI is InChI=1S/C15H25NO2S/c1-4-6-7-13(5-2)11-19(17,18)15-10-12(3)8-9-14(15)16/h8-10,13H,4-7,11,16H2,1-3H3. The molecule has 19 heavy (non-hydrogen) atoms. The smallest absolute Gasteiger partial charge is 0.180 e. The van der Waals surface area contributed by atoms with Crippen molar-refractivity contribution in [3.63, 3.8) is 0 Å². The molecule has 0 amide bonds. The number of unbranched alkanes of at least 4 members (excludes halogenated alkanes) is 1. The van der Waals surface area contributed by atoms with E-state index in [2.05, 4.69) is 13.8 Å². The number of aryl methyl sites for hydroxylation is 1. The van der Waals surface area contributed by atoms with Crippen LogP contribution in [0.25, 0.3) is 0 Å². The van der Waals surface area contributed by atoms with Crippen LogP contribution >= 0.6 is 0 Å². The summed E-state index contributed by atoms with van der Waals surface area (Å²) in [5.74, 6) is 0.432. The van der Waals surface area contributed by atoms with Crippen molar-refractivity contribution < 1.29 is 8.42 Å². The number of nitrogens with two attached hydrogens (primary N) is 1. The third-order valence-corrected chi connectivity index (χ3v) is 5.44. The van der Waals surface area contributed by atoms with E-state index in [1.54, 1.807) is 12.1 Å². The Bertz CT molecular complexity index is 509. The van der Waals surface area contributed by atoms with Crippen LogP contribution in [0.1, 0.15) is 45.1 Å². The molecule has 0 saturated heterocycles. The molecule has 0 heterocycles. The predicted octanol–water partition coefficient (Wildman–Crippen LogP) is 3.57. The summed E-state index contributed by atoms with van der Waals surface area (Å²) in [6, 6.07) is 5.19. The van der Waals surface area contributed by atoms with E-state index >= 15 is 0 Å². The minimum absolute atomic E-state index is 0.206. The predicted molar refractivity (Wildman–Crippen MR) is 81.0 cm³/mol. The zero-order chi connectivity index (χ0) is 14.5. The molecule has 0 aliphatic heterocycles. The molecule has 0 aliphatic carbocycles. The summed E-state index contributed by atoms with van der Waals surface area (Å²) in [7, 11) is -3.28. The normalized spacial score (nSPS) is 13.4. The number of nitrogen functional groups attached to an aromatic ring is 1. The molecular weight excluding hydrogens is 258 g/mol. The van der Waals surface area contributed by atoms with Crippen molar-refractivity contribution in [1.29, 1.82) is 0 Å². The van der Waals surface area contributed by atoms with Crippen molar-refractivity contribution in [2.24, 2.45) is 5.92 Å². The summed E-state index contributed by atoms with van der Waals surface area (Å²) < 4.78 is 24.9. The fraction of sp³-hybridized carbons (Fsp3) is 0.600. The van der Waals surface area contributed by atoms with Gasteiger partial charge in [-0.1, -0.05) is 39.2 Å². The lowest BCUT2D eigenvalue weighted by atomic mass is 10.0. The topological polar surface area (TPSA) is 60.2 Å². The number of sulfone groups is 1. The highest BCUT2D eigenvalue weighted by atomic mass is 32.2. The number of benzene rings is 1. The molecule has 0 spiro atoms. The Hall–Kier alpha value is -1.03. The maximum absolute atomic E-state index is 12.5. The molecule has 1 aromatic rings. The monoisotopic (exact) mass is 283 g/mol. The second kappa shape index (κ2) is 6.94. The summed E-state index contributed by atoms with van der Waals surface area (Å²) in [5, 5.41) is 0. The van der Waals surface area contributed by atoms with E-state index < -0.39 is 9.84 Å². The molecule has 3 nitrogen and oxygen atoms in total. The SMILES string of the molecule is CCCCC(CC)CS(=O)(=O)c1cc(C)ccc1N. The summed E-state index contributed by atoms with van der Waals surface area (Å²) in [5.41, 5.74) is 7.10. The van der Waals surface area contributed by atoms with Crippen LogP contribution in [0.3, 0.4) is 0 Å². The number of anilines is 1. The molecule has 1 atom stereocenters. The van der Waals surface area contributed by atoms with E-state index in [0.29, 0.717) is 10.6 Å². The molecule has 1 aromatic carbocycles. The Morgan fingerprint density at radius 3 is 2.53 bits per heavy atom. The van der Waals surface area contributed by atoms with Gasteiger partial charge in [0.1, 0.15) is 0 Å². The average molecular weight is 283 g/mol. The van der Waals surface area contributed by atoms with Gasteiger partial charge in [0.2, 0.25) is 0 Å².